The van der Waals surface area contributed by atoms with Crippen molar-refractivity contribution in [1.82, 2.24) is 4.98 Å². The molecule has 0 aliphatic rings. The standard InChI is InChI=1S/C13H12BrClN2O/c14-11-5-10(6-16)13(17-7-11)18-8-9-2-1-3-12(15)4-9/h1-5,7H,6,8,16H2. The van der Waals surface area contributed by atoms with Crippen LogP contribution in [0.1, 0.15) is 11.1 Å². The lowest BCUT2D eigenvalue weighted by Gasteiger charge is -2.09. The van der Waals surface area contributed by atoms with Gasteiger partial charge in [-0.3, -0.25) is 0 Å². The molecule has 2 N–H and O–H groups in total. The molecule has 5 heteroatoms. The van der Waals surface area contributed by atoms with Crippen molar-refractivity contribution in [2.75, 3.05) is 0 Å². The van der Waals surface area contributed by atoms with Crippen LogP contribution in [0.4, 0.5) is 0 Å². The molecule has 0 saturated carbocycles. The Kier molecular flexibility index (Phi) is 4.58. The second-order valence-corrected chi connectivity index (χ2v) is 5.09. The summed E-state index contributed by atoms with van der Waals surface area (Å²) in [5, 5.41) is 0.693. The Bertz CT molecular complexity index is 548. The van der Waals surface area contributed by atoms with E-state index in [9.17, 15) is 0 Å². The van der Waals surface area contributed by atoms with Crippen LogP contribution in [0.5, 0.6) is 5.88 Å². The number of hydrogen-bond acceptors (Lipinski definition) is 3. The van der Waals surface area contributed by atoms with Gasteiger partial charge in [-0.15, -0.1) is 0 Å². The largest absolute Gasteiger partial charge is 0.473 e. The smallest absolute Gasteiger partial charge is 0.218 e. The first-order valence-electron chi connectivity index (χ1n) is 5.41. The zero-order valence-electron chi connectivity index (χ0n) is 9.57. The van der Waals surface area contributed by atoms with Gasteiger partial charge in [-0.2, -0.15) is 0 Å². The fourth-order valence-electron chi connectivity index (χ4n) is 1.52. The molecular weight excluding hydrogens is 316 g/mol. The van der Waals surface area contributed by atoms with Gasteiger partial charge in [-0.25, -0.2) is 4.98 Å². The number of aromatic nitrogens is 1. The molecule has 0 atom stereocenters. The minimum absolute atomic E-state index is 0.386. The van der Waals surface area contributed by atoms with Crippen molar-refractivity contribution >= 4 is 27.5 Å². The molecule has 18 heavy (non-hydrogen) atoms. The predicted octanol–water partition coefficient (Wildman–Crippen LogP) is 3.54. The predicted molar refractivity (Wildman–Crippen MR) is 75.6 cm³/mol. The van der Waals surface area contributed by atoms with Crippen molar-refractivity contribution in [2.24, 2.45) is 5.73 Å². The van der Waals surface area contributed by atoms with Crippen LogP contribution in [0.2, 0.25) is 5.02 Å². The van der Waals surface area contributed by atoms with E-state index in [1.807, 2.05) is 30.3 Å². The minimum atomic E-state index is 0.386. The van der Waals surface area contributed by atoms with Crippen molar-refractivity contribution in [2.45, 2.75) is 13.2 Å². The molecule has 1 heterocycles. The van der Waals surface area contributed by atoms with Crippen molar-refractivity contribution in [3.8, 4) is 5.88 Å². The quantitative estimate of drug-likeness (QED) is 0.934. The van der Waals surface area contributed by atoms with E-state index in [-0.39, 0.29) is 0 Å². The summed E-state index contributed by atoms with van der Waals surface area (Å²) >= 11 is 9.26. The number of nitrogens with zero attached hydrogens (tertiary/aromatic N) is 1. The fourth-order valence-corrected chi connectivity index (χ4v) is 2.11. The van der Waals surface area contributed by atoms with E-state index in [0.29, 0.717) is 24.1 Å². The maximum Gasteiger partial charge on any atom is 0.218 e. The lowest BCUT2D eigenvalue weighted by Crippen LogP contribution is -2.04. The highest BCUT2D eigenvalue weighted by Gasteiger charge is 2.05. The van der Waals surface area contributed by atoms with Gasteiger partial charge >= 0.3 is 0 Å². The van der Waals surface area contributed by atoms with Gasteiger partial charge in [-0.05, 0) is 39.7 Å². The summed E-state index contributed by atoms with van der Waals surface area (Å²) < 4.78 is 6.54. The van der Waals surface area contributed by atoms with Gasteiger partial charge in [0, 0.05) is 27.8 Å². The fraction of sp³-hybridized carbons (Fsp3) is 0.154. The van der Waals surface area contributed by atoms with Gasteiger partial charge in [0.05, 0.1) is 0 Å². The van der Waals surface area contributed by atoms with E-state index in [1.54, 1.807) is 6.20 Å². The molecule has 0 unspecified atom stereocenters. The lowest BCUT2D eigenvalue weighted by molar-refractivity contribution is 0.290. The zero-order valence-corrected chi connectivity index (χ0v) is 11.9. The van der Waals surface area contributed by atoms with Crippen LogP contribution >= 0.6 is 27.5 Å². The van der Waals surface area contributed by atoms with Crippen LogP contribution in [0.3, 0.4) is 0 Å². The molecule has 0 amide bonds. The Morgan fingerprint density at radius 3 is 2.89 bits per heavy atom. The maximum absolute atomic E-state index is 5.91. The summed E-state index contributed by atoms with van der Waals surface area (Å²) in [5.74, 6) is 0.556. The van der Waals surface area contributed by atoms with Crippen LogP contribution in [-0.2, 0) is 13.2 Å². The molecular formula is C13H12BrClN2O. The molecule has 0 fully saturated rings. The first-order chi connectivity index (χ1) is 8.69. The number of ether oxygens (including phenoxy) is 1. The molecule has 0 bridgehead atoms. The molecule has 2 rings (SSSR count). The van der Waals surface area contributed by atoms with Gasteiger partial charge < -0.3 is 10.5 Å². The zero-order chi connectivity index (χ0) is 13.0. The summed E-state index contributed by atoms with van der Waals surface area (Å²) in [6, 6.07) is 9.43. The van der Waals surface area contributed by atoms with Crippen LogP contribution in [0, 0.1) is 0 Å². The Hall–Kier alpha value is -1.10. The van der Waals surface area contributed by atoms with Crippen LogP contribution in [-0.4, -0.2) is 4.98 Å². The lowest BCUT2D eigenvalue weighted by atomic mass is 10.2. The van der Waals surface area contributed by atoms with Crippen molar-refractivity contribution in [3.63, 3.8) is 0 Å². The van der Waals surface area contributed by atoms with Gasteiger partial charge in [0.25, 0.3) is 0 Å². The van der Waals surface area contributed by atoms with Crippen molar-refractivity contribution in [1.29, 1.82) is 0 Å². The minimum Gasteiger partial charge on any atom is -0.473 e. The average molecular weight is 328 g/mol. The summed E-state index contributed by atoms with van der Waals surface area (Å²) in [6.45, 7) is 0.805. The van der Waals surface area contributed by atoms with Crippen molar-refractivity contribution in [3.05, 3.63) is 57.2 Å². The number of hydrogen-bond donors (Lipinski definition) is 1. The third-order valence-electron chi connectivity index (χ3n) is 2.38. The molecule has 0 spiro atoms. The molecule has 0 saturated heterocycles. The molecule has 1 aromatic carbocycles. The number of nitrogens with two attached hydrogens (primary N) is 1. The van der Waals surface area contributed by atoms with E-state index in [0.717, 1.165) is 15.6 Å². The number of halogens is 2. The molecule has 1 aromatic heterocycles. The average Bonchev–Trinajstić information content (AvgIpc) is 2.37. The SMILES string of the molecule is NCc1cc(Br)cnc1OCc1cccc(Cl)c1. The summed E-state index contributed by atoms with van der Waals surface area (Å²) in [7, 11) is 0. The van der Waals surface area contributed by atoms with E-state index in [2.05, 4.69) is 20.9 Å². The number of pyridine rings is 1. The first-order valence-corrected chi connectivity index (χ1v) is 6.58. The van der Waals surface area contributed by atoms with E-state index < -0.39 is 0 Å². The van der Waals surface area contributed by atoms with Gasteiger partial charge in [0.1, 0.15) is 6.61 Å². The van der Waals surface area contributed by atoms with E-state index in [4.69, 9.17) is 22.1 Å². The Balaban J connectivity index is 2.10. The first kappa shape index (κ1) is 13.3. The molecule has 0 aliphatic heterocycles. The summed E-state index contributed by atoms with van der Waals surface area (Å²) in [4.78, 5) is 4.20. The summed E-state index contributed by atoms with van der Waals surface area (Å²) in [5.41, 5.74) is 7.51. The Morgan fingerprint density at radius 1 is 1.33 bits per heavy atom. The monoisotopic (exact) mass is 326 g/mol. The van der Waals surface area contributed by atoms with Gasteiger partial charge in [0.2, 0.25) is 5.88 Å². The van der Waals surface area contributed by atoms with Crippen LogP contribution in [0.15, 0.2) is 41.0 Å². The number of rotatable bonds is 4. The highest BCUT2D eigenvalue weighted by Crippen LogP contribution is 2.21. The van der Waals surface area contributed by atoms with Crippen LogP contribution < -0.4 is 10.5 Å². The molecule has 94 valence electrons. The Morgan fingerprint density at radius 2 is 2.17 bits per heavy atom. The number of benzene rings is 1. The topological polar surface area (TPSA) is 48.1 Å². The van der Waals surface area contributed by atoms with Gasteiger partial charge in [-0.1, -0.05) is 23.7 Å². The van der Waals surface area contributed by atoms with Crippen LogP contribution in [0.25, 0.3) is 0 Å². The normalized spacial score (nSPS) is 10.4. The van der Waals surface area contributed by atoms with Gasteiger partial charge in [0.15, 0.2) is 0 Å². The second-order valence-electron chi connectivity index (χ2n) is 3.74. The van der Waals surface area contributed by atoms with E-state index >= 15 is 0 Å². The molecule has 0 radical (unpaired) electrons. The second kappa shape index (κ2) is 6.18. The third kappa shape index (κ3) is 3.45. The molecule has 3 nitrogen and oxygen atoms in total. The Labute approximate surface area is 119 Å². The van der Waals surface area contributed by atoms with Crippen molar-refractivity contribution < 1.29 is 4.74 Å². The highest BCUT2D eigenvalue weighted by atomic mass is 79.9. The van der Waals surface area contributed by atoms with E-state index in [1.165, 1.54) is 0 Å². The highest BCUT2D eigenvalue weighted by molar-refractivity contribution is 9.10. The molecule has 2 aromatic rings. The summed E-state index contributed by atoms with van der Waals surface area (Å²) in [6.07, 6.45) is 1.69. The molecule has 0 aliphatic carbocycles. The maximum atomic E-state index is 5.91. The third-order valence-corrected chi connectivity index (χ3v) is 3.05.